The van der Waals surface area contributed by atoms with E-state index in [9.17, 15) is 14.0 Å². The Bertz CT molecular complexity index is 1130. The van der Waals surface area contributed by atoms with Crippen LogP contribution in [0.5, 0.6) is 0 Å². The predicted molar refractivity (Wildman–Crippen MR) is 123 cm³/mol. The number of hydrogen-bond donors (Lipinski definition) is 2. The first-order valence-corrected chi connectivity index (χ1v) is 11.0. The summed E-state index contributed by atoms with van der Waals surface area (Å²) in [5.41, 5.74) is 3.80. The number of rotatable bonds is 3. The van der Waals surface area contributed by atoms with Crippen molar-refractivity contribution in [3.8, 4) is 0 Å². The Kier molecular flexibility index (Phi) is 5.60. The highest BCUT2D eigenvalue weighted by Gasteiger charge is 2.42. The monoisotopic (exact) mass is 482 g/mol. The van der Waals surface area contributed by atoms with E-state index in [2.05, 4.69) is 40.4 Å². The summed E-state index contributed by atoms with van der Waals surface area (Å²) < 4.78 is 14.5. The summed E-state index contributed by atoms with van der Waals surface area (Å²) in [7, 11) is 0. The zero-order valence-electron chi connectivity index (χ0n) is 17.7. The molecule has 2 aliphatic rings. The van der Waals surface area contributed by atoms with Gasteiger partial charge in [0, 0.05) is 45.0 Å². The molecule has 2 aromatic rings. The van der Waals surface area contributed by atoms with Gasteiger partial charge in [0.15, 0.2) is 5.78 Å². The minimum atomic E-state index is -0.485. The molecule has 0 saturated heterocycles. The van der Waals surface area contributed by atoms with Crippen molar-refractivity contribution in [2.75, 3.05) is 5.32 Å². The van der Waals surface area contributed by atoms with Crippen LogP contribution in [0.2, 0.25) is 0 Å². The van der Waals surface area contributed by atoms with Gasteiger partial charge >= 0.3 is 0 Å². The first kappa shape index (κ1) is 21.5. The molecule has 0 saturated carbocycles. The van der Waals surface area contributed by atoms with Crippen LogP contribution in [0.3, 0.4) is 0 Å². The fraction of sp³-hybridized carbons (Fsp3) is 0.280. The lowest BCUT2D eigenvalue weighted by Gasteiger charge is -2.39. The number of anilines is 1. The van der Waals surface area contributed by atoms with Crippen molar-refractivity contribution in [2.45, 2.75) is 39.5 Å². The van der Waals surface area contributed by atoms with Crippen molar-refractivity contribution in [3.63, 3.8) is 0 Å². The number of benzene rings is 2. The highest BCUT2D eigenvalue weighted by molar-refractivity contribution is 9.10. The van der Waals surface area contributed by atoms with E-state index >= 15 is 0 Å². The smallest absolute Gasteiger partial charge is 0.254 e. The maximum absolute atomic E-state index is 13.6. The minimum absolute atomic E-state index is 0.0511. The van der Waals surface area contributed by atoms with Crippen molar-refractivity contribution in [1.82, 2.24) is 5.32 Å². The fourth-order valence-corrected chi connectivity index (χ4v) is 4.75. The van der Waals surface area contributed by atoms with Crippen LogP contribution < -0.4 is 10.6 Å². The van der Waals surface area contributed by atoms with Gasteiger partial charge in [-0.1, -0.05) is 48.0 Å². The average Bonchev–Trinajstić information content (AvgIpc) is 2.66. The van der Waals surface area contributed by atoms with E-state index in [1.54, 1.807) is 12.1 Å². The number of carbonyl (C=O) groups excluding carboxylic acids is 2. The molecule has 160 valence electrons. The maximum atomic E-state index is 13.6. The standard InChI is InChI=1S/C25H24BrFN2O2/c1-14-21(24(31)29-18-6-4-5-17(27)11-18)22(15-7-9-16(26)10-8-15)23-19(28-14)12-25(2,3)13-20(23)30/h4-11,22,28H,12-13H2,1-3H3,(H,29,31)/t22-/m1/s1. The Morgan fingerprint density at radius 3 is 2.55 bits per heavy atom. The molecule has 2 N–H and O–H groups in total. The molecule has 4 nitrogen and oxygen atoms in total. The maximum Gasteiger partial charge on any atom is 0.254 e. The van der Waals surface area contributed by atoms with Gasteiger partial charge < -0.3 is 10.6 Å². The van der Waals surface area contributed by atoms with E-state index in [4.69, 9.17) is 0 Å². The van der Waals surface area contributed by atoms with Gasteiger partial charge in [-0.25, -0.2) is 4.39 Å². The first-order chi connectivity index (χ1) is 14.6. The quantitative estimate of drug-likeness (QED) is 0.578. The number of carbonyl (C=O) groups is 2. The summed E-state index contributed by atoms with van der Waals surface area (Å²) >= 11 is 3.45. The molecule has 0 aromatic heterocycles. The Morgan fingerprint density at radius 2 is 1.87 bits per heavy atom. The zero-order valence-corrected chi connectivity index (χ0v) is 19.3. The van der Waals surface area contributed by atoms with E-state index in [1.807, 2.05) is 31.2 Å². The molecule has 0 unspecified atom stereocenters. The molecule has 0 fully saturated rings. The van der Waals surface area contributed by atoms with Gasteiger partial charge in [-0.05, 0) is 54.7 Å². The van der Waals surface area contributed by atoms with Crippen molar-refractivity contribution >= 4 is 33.3 Å². The average molecular weight is 483 g/mol. The number of Topliss-reactive ketones (excluding diaryl/α,β-unsaturated/α-hetero) is 1. The lowest BCUT2D eigenvalue weighted by atomic mass is 9.68. The molecule has 1 amide bonds. The molecular weight excluding hydrogens is 459 g/mol. The molecule has 1 aliphatic heterocycles. The van der Waals surface area contributed by atoms with E-state index in [0.29, 0.717) is 29.0 Å². The Hall–Kier alpha value is -2.73. The van der Waals surface area contributed by atoms with E-state index in [1.165, 1.54) is 12.1 Å². The number of dihydropyridines is 1. The van der Waals surface area contributed by atoms with E-state index in [0.717, 1.165) is 22.2 Å². The zero-order chi connectivity index (χ0) is 22.3. The Labute approximate surface area is 189 Å². The van der Waals surface area contributed by atoms with Gasteiger partial charge in [-0.2, -0.15) is 0 Å². The summed E-state index contributed by atoms with van der Waals surface area (Å²) in [4.78, 5) is 26.6. The summed E-state index contributed by atoms with van der Waals surface area (Å²) in [5, 5.41) is 6.14. The molecular formula is C25H24BrFN2O2. The third kappa shape index (κ3) is 4.35. The van der Waals surface area contributed by atoms with Crippen LogP contribution in [0.15, 0.2) is 75.5 Å². The van der Waals surface area contributed by atoms with Gasteiger partial charge in [-0.3, -0.25) is 9.59 Å². The molecule has 1 heterocycles. The van der Waals surface area contributed by atoms with Crippen LogP contribution in [0, 0.1) is 11.2 Å². The molecule has 2 aromatic carbocycles. The normalized spacial score (nSPS) is 20.3. The number of halogens is 2. The SMILES string of the molecule is CC1=C(C(=O)Nc2cccc(F)c2)[C@@H](c2ccc(Br)cc2)C2=C(CC(C)(C)CC2=O)N1. The summed E-state index contributed by atoms with van der Waals surface area (Å²) in [6.07, 6.45) is 1.16. The predicted octanol–water partition coefficient (Wildman–Crippen LogP) is 5.83. The summed E-state index contributed by atoms with van der Waals surface area (Å²) in [6, 6.07) is 13.5. The van der Waals surface area contributed by atoms with Gasteiger partial charge in [0.1, 0.15) is 5.82 Å². The third-order valence-corrected chi connectivity index (χ3v) is 6.30. The second kappa shape index (κ2) is 8.08. The van der Waals surface area contributed by atoms with Gasteiger partial charge in [0.2, 0.25) is 0 Å². The molecule has 31 heavy (non-hydrogen) atoms. The van der Waals surface area contributed by atoms with E-state index < -0.39 is 11.7 Å². The number of allylic oxidation sites excluding steroid dienone is 3. The molecule has 6 heteroatoms. The van der Waals surface area contributed by atoms with E-state index in [-0.39, 0.29) is 17.1 Å². The van der Waals surface area contributed by atoms with Crippen LogP contribution in [-0.2, 0) is 9.59 Å². The Balaban J connectivity index is 1.80. The van der Waals surface area contributed by atoms with Crippen molar-refractivity contribution in [2.24, 2.45) is 5.41 Å². The second-order valence-electron chi connectivity index (χ2n) is 8.95. The van der Waals surface area contributed by atoms with Crippen LogP contribution in [0.4, 0.5) is 10.1 Å². The Morgan fingerprint density at radius 1 is 1.16 bits per heavy atom. The molecule has 0 spiro atoms. The van der Waals surface area contributed by atoms with Crippen molar-refractivity contribution in [3.05, 3.63) is 86.9 Å². The molecule has 1 atom stereocenters. The molecule has 1 aliphatic carbocycles. The molecule has 0 radical (unpaired) electrons. The van der Waals surface area contributed by atoms with Gasteiger partial charge in [0.25, 0.3) is 5.91 Å². The topological polar surface area (TPSA) is 58.2 Å². The van der Waals surface area contributed by atoms with Gasteiger partial charge in [-0.15, -0.1) is 0 Å². The summed E-state index contributed by atoms with van der Waals surface area (Å²) in [6.45, 7) is 6.01. The second-order valence-corrected chi connectivity index (χ2v) is 9.86. The lowest BCUT2D eigenvalue weighted by molar-refractivity contribution is -0.118. The fourth-order valence-electron chi connectivity index (χ4n) is 4.49. The molecule has 0 bridgehead atoms. The van der Waals surface area contributed by atoms with Crippen molar-refractivity contribution in [1.29, 1.82) is 0 Å². The van der Waals surface area contributed by atoms with Crippen LogP contribution in [0.25, 0.3) is 0 Å². The van der Waals surface area contributed by atoms with Crippen molar-refractivity contribution < 1.29 is 14.0 Å². The summed E-state index contributed by atoms with van der Waals surface area (Å²) in [5.74, 6) is -1.21. The molecule has 4 rings (SSSR count). The minimum Gasteiger partial charge on any atom is -0.362 e. The van der Waals surface area contributed by atoms with Gasteiger partial charge in [0.05, 0.1) is 0 Å². The highest BCUT2D eigenvalue weighted by Crippen LogP contribution is 2.46. The number of nitrogens with one attached hydrogen (secondary N) is 2. The number of hydrogen-bond acceptors (Lipinski definition) is 3. The van der Waals surface area contributed by atoms with Crippen LogP contribution in [-0.4, -0.2) is 11.7 Å². The number of amides is 1. The number of ketones is 1. The third-order valence-electron chi connectivity index (χ3n) is 5.77. The largest absolute Gasteiger partial charge is 0.362 e. The highest BCUT2D eigenvalue weighted by atomic mass is 79.9. The van der Waals surface area contributed by atoms with Crippen LogP contribution >= 0.6 is 15.9 Å². The lowest BCUT2D eigenvalue weighted by Crippen LogP contribution is -2.39. The first-order valence-electron chi connectivity index (χ1n) is 10.2. The van der Waals surface area contributed by atoms with Crippen LogP contribution in [0.1, 0.15) is 45.1 Å².